The van der Waals surface area contributed by atoms with Crippen LogP contribution in [0.5, 0.6) is 0 Å². The maximum absolute atomic E-state index is 12.9. The summed E-state index contributed by atoms with van der Waals surface area (Å²) in [7, 11) is 0. The van der Waals surface area contributed by atoms with Crippen molar-refractivity contribution in [3.05, 3.63) is 134 Å². The van der Waals surface area contributed by atoms with Crippen molar-refractivity contribution in [2.45, 2.75) is 271 Å². The Balaban J connectivity index is 4.39. The van der Waals surface area contributed by atoms with E-state index >= 15 is 0 Å². The van der Waals surface area contributed by atoms with Gasteiger partial charge in [0.05, 0.1) is 0 Å². The molecule has 0 aromatic carbocycles. The zero-order valence-corrected chi connectivity index (χ0v) is 48.5. The van der Waals surface area contributed by atoms with Crippen LogP contribution in [0.3, 0.4) is 0 Å². The molecule has 0 rings (SSSR count). The predicted octanol–water partition coefficient (Wildman–Crippen LogP) is 21.0. The fourth-order valence-corrected chi connectivity index (χ4v) is 8.15. The van der Waals surface area contributed by atoms with E-state index in [4.69, 9.17) is 14.2 Å². The molecule has 0 aromatic heterocycles. The van der Waals surface area contributed by atoms with Gasteiger partial charge in [-0.25, -0.2) is 0 Å². The van der Waals surface area contributed by atoms with Crippen molar-refractivity contribution < 1.29 is 28.6 Å². The second-order valence-corrected chi connectivity index (χ2v) is 19.8. The van der Waals surface area contributed by atoms with E-state index in [0.717, 1.165) is 135 Å². The summed E-state index contributed by atoms with van der Waals surface area (Å²) >= 11 is 0. The van der Waals surface area contributed by atoms with Gasteiger partial charge in [0.2, 0.25) is 0 Å². The van der Waals surface area contributed by atoms with Gasteiger partial charge in [0.25, 0.3) is 0 Å². The molecule has 0 aliphatic carbocycles. The lowest BCUT2D eigenvalue weighted by atomic mass is 10.0. The summed E-state index contributed by atoms with van der Waals surface area (Å²) in [5.74, 6) is -0.954. The predicted molar refractivity (Wildman–Crippen MR) is 325 cm³/mol. The Labute approximate surface area is 462 Å². The molecule has 6 heteroatoms. The summed E-state index contributed by atoms with van der Waals surface area (Å²) < 4.78 is 16.9. The zero-order valence-electron chi connectivity index (χ0n) is 48.5. The highest BCUT2D eigenvalue weighted by molar-refractivity contribution is 5.71. The number of unbranched alkanes of at least 4 members (excludes halogenated alkanes) is 21. The second kappa shape index (κ2) is 62.1. The van der Waals surface area contributed by atoms with Crippen molar-refractivity contribution in [1.29, 1.82) is 0 Å². The summed E-state index contributed by atoms with van der Waals surface area (Å²) in [6, 6.07) is 0. The molecule has 0 heterocycles. The third-order valence-corrected chi connectivity index (χ3v) is 12.6. The smallest absolute Gasteiger partial charge is 0.306 e. The number of hydrogen-bond donors (Lipinski definition) is 0. The van der Waals surface area contributed by atoms with Gasteiger partial charge in [0.1, 0.15) is 13.2 Å². The Kier molecular flexibility index (Phi) is 58.4. The van der Waals surface area contributed by atoms with Gasteiger partial charge in [-0.05, 0) is 128 Å². The molecule has 0 N–H and O–H groups in total. The Morgan fingerprint density at radius 1 is 0.267 bits per heavy atom. The number of allylic oxidation sites excluding steroid dienone is 22. The number of hydrogen-bond acceptors (Lipinski definition) is 6. The molecule has 0 saturated heterocycles. The summed E-state index contributed by atoms with van der Waals surface area (Å²) in [5.41, 5.74) is 0. The zero-order chi connectivity index (χ0) is 54.3. The number of carbonyl (C=O) groups excluding carboxylic acids is 3. The number of esters is 3. The summed E-state index contributed by atoms with van der Waals surface area (Å²) in [4.78, 5) is 38.3. The van der Waals surface area contributed by atoms with Crippen molar-refractivity contribution in [2.24, 2.45) is 0 Å². The van der Waals surface area contributed by atoms with Crippen LogP contribution in [-0.2, 0) is 28.6 Å². The van der Waals surface area contributed by atoms with Crippen LogP contribution in [0.25, 0.3) is 0 Å². The van der Waals surface area contributed by atoms with Crippen LogP contribution in [-0.4, -0.2) is 37.2 Å². The molecule has 0 aliphatic heterocycles. The molecular weight excluding hydrogens is 925 g/mol. The number of rotatable bonds is 54. The van der Waals surface area contributed by atoms with E-state index in [2.05, 4.69) is 154 Å². The highest BCUT2D eigenvalue weighted by Gasteiger charge is 2.19. The van der Waals surface area contributed by atoms with Crippen LogP contribution in [0.2, 0.25) is 0 Å². The third-order valence-electron chi connectivity index (χ3n) is 12.6. The molecule has 0 fully saturated rings. The highest BCUT2D eigenvalue weighted by Crippen LogP contribution is 2.15. The van der Waals surface area contributed by atoms with Gasteiger partial charge in [0.15, 0.2) is 6.10 Å². The Morgan fingerprint density at radius 3 is 0.773 bits per heavy atom. The minimum Gasteiger partial charge on any atom is -0.462 e. The van der Waals surface area contributed by atoms with E-state index < -0.39 is 6.10 Å². The Morgan fingerprint density at radius 2 is 0.480 bits per heavy atom. The molecule has 0 aliphatic rings. The molecule has 1 unspecified atom stereocenters. The van der Waals surface area contributed by atoms with Gasteiger partial charge >= 0.3 is 17.9 Å². The van der Waals surface area contributed by atoms with Crippen molar-refractivity contribution in [1.82, 2.24) is 0 Å². The summed E-state index contributed by atoms with van der Waals surface area (Å²) in [5, 5.41) is 0. The van der Waals surface area contributed by atoms with E-state index in [1.54, 1.807) is 0 Å². The summed E-state index contributed by atoms with van der Waals surface area (Å²) in [6.07, 6.45) is 87.4. The van der Waals surface area contributed by atoms with E-state index in [1.165, 1.54) is 89.9 Å². The molecule has 0 saturated carbocycles. The lowest BCUT2D eigenvalue weighted by Crippen LogP contribution is -2.30. The second-order valence-electron chi connectivity index (χ2n) is 19.8. The van der Waals surface area contributed by atoms with Gasteiger partial charge in [-0.2, -0.15) is 0 Å². The minimum atomic E-state index is -0.807. The van der Waals surface area contributed by atoms with Crippen molar-refractivity contribution in [3.8, 4) is 0 Å². The minimum absolute atomic E-state index is 0.0997. The van der Waals surface area contributed by atoms with Crippen LogP contribution >= 0.6 is 0 Å². The fraction of sp³-hybridized carbons (Fsp3) is 0.638. The molecular formula is C69H112O6. The Hall–Kier alpha value is -4.45. The van der Waals surface area contributed by atoms with E-state index in [-0.39, 0.29) is 31.1 Å². The first-order valence-corrected chi connectivity index (χ1v) is 30.7. The number of carbonyl (C=O) groups is 3. The first-order chi connectivity index (χ1) is 37.0. The topological polar surface area (TPSA) is 78.9 Å². The monoisotopic (exact) mass is 1040 g/mol. The average Bonchev–Trinajstić information content (AvgIpc) is 3.41. The first kappa shape index (κ1) is 70.5. The molecule has 6 nitrogen and oxygen atoms in total. The summed E-state index contributed by atoms with van der Waals surface area (Å²) in [6.45, 7) is 6.26. The third kappa shape index (κ3) is 60.3. The Bertz CT molecular complexity index is 1620. The average molecular weight is 1040 g/mol. The molecule has 0 bridgehead atoms. The highest BCUT2D eigenvalue weighted by atomic mass is 16.6. The van der Waals surface area contributed by atoms with E-state index in [9.17, 15) is 14.4 Å². The van der Waals surface area contributed by atoms with Gasteiger partial charge in [-0.1, -0.05) is 251 Å². The molecule has 424 valence electrons. The van der Waals surface area contributed by atoms with Crippen molar-refractivity contribution in [3.63, 3.8) is 0 Å². The molecule has 1 atom stereocenters. The fourth-order valence-electron chi connectivity index (χ4n) is 8.15. The van der Waals surface area contributed by atoms with Crippen molar-refractivity contribution in [2.75, 3.05) is 13.2 Å². The standard InChI is InChI=1S/C69H112O6/c1-4-7-10-13-16-19-22-25-28-30-31-32-33-34-35-36-37-39-41-44-47-50-53-56-59-62-68(71)74-65-66(64-73-67(70)61-58-55-52-49-46-43-40-27-24-21-18-15-12-9-6-3)75-69(72)63-60-57-54-51-48-45-42-38-29-26-23-20-17-14-11-8-5-2/h7-12,16-21,25-29,31-32,40,46,49,66H,4-6,13-15,22-24,30,33-39,41-45,47-48,50-65H2,1-3H3/b10-7-,11-8-,12-9-,19-16-,20-17-,21-18-,28-25-,29-26-,32-31-,40-27-,49-46-. The molecule has 0 spiro atoms. The van der Waals surface area contributed by atoms with E-state index in [1.807, 2.05) is 0 Å². The molecule has 0 amide bonds. The van der Waals surface area contributed by atoms with Crippen LogP contribution in [0.4, 0.5) is 0 Å². The van der Waals surface area contributed by atoms with Crippen LogP contribution in [0.1, 0.15) is 265 Å². The van der Waals surface area contributed by atoms with Crippen LogP contribution in [0, 0.1) is 0 Å². The van der Waals surface area contributed by atoms with E-state index in [0.29, 0.717) is 19.3 Å². The van der Waals surface area contributed by atoms with Gasteiger partial charge < -0.3 is 14.2 Å². The maximum atomic E-state index is 12.9. The number of ether oxygens (including phenoxy) is 3. The lowest BCUT2D eigenvalue weighted by Gasteiger charge is -2.18. The van der Waals surface area contributed by atoms with Crippen LogP contribution in [0.15, 0.2) is 134 Å². The molecule has 0 aromatic rings. The van der Waals surface area contributed by atoms with Gasteiger partial charge in [-0.3, -0.25) is 14.4 Å². The van der Waals surface area contributed by atoms with Crippen LogP contribution < -0.4 is 0 Å². The quantitative estimate of drug-likeness (QED) is 0.0261. The van der Waals surface area contributed by atoms with Gasteiger partial charge in [-0.15, -0.1) is 0 Å². The maximum Gasteiger partial charge on any atom is 0.306 e. The lowest BCUT2D eigenvalue weighted by molar-refractivity contribution is -0.167. The molecule has 0 radical (unpaired) electrons. The SMILES string of the molecule is CC/C=C\C/C=C\C/C=C\C/C=C\CCCCCCCCCCCCCCC(=O)OCC(COC(=O)CCCC/C=C\C/C=C\C/C=C\C/C=C\CC)OC(=O)CCCCCCCCC/C=C\C/C=C\C/C=C\CC. The van der Waals surface area contributed by atoms with Gasteiger partial charge in [0, 0.05) is 19.3 Å². The largest absolute Gasteiger partial charge is 0.462 e. The first-order valence-electron chi connectivity index (χ1n) is 30.7. The molecule has 75 heavy (non-hydrogen) atoms. The van der Waals surface area contributed by atoms with Crippen molar-refractivity contribution >= 4 is 17.9 Å². The normalized spacial score (nSPS) is 13.1.